The first-order valence-corrected chi connectivity index (χ1v) is 5.97. The molecule has 0 saturated heterocycles. The monoisotopic (exact) mass is 231 g/mol. The van der Waals surface area contributed by atoms with E-state index in [9.17, 15) is 14.5 Å². The second kappa shape index (κ2) is 4.86. The van der Waals surface area contributed by atoms with Crippen LogP contribution in [0, 0.1) is 5.92 Å². The third kappa shape index (κ3) is 2.44. The first-order chi connectivity index (χ1) is 7.02. The van der Waals surface area contributed by atoms with Crippen molar-refractivity contribution in [3.05, 3.63) is 11.6 Å². The number of hydrogen-bond donors (Lipinski definition) is 2. The number of allylic oxidation sites excluding steroid dienone is 1. The topological polar surface area (TPSA) is 74.6 Å². The highest BCUT2D eigenvalue weighted by Crippen LogP contribution is 2.37. The van der Waals surface area contributed by atoms with Gasteiger partial charge in [0.15, 0.2) is 0 Å². The molecule has 1 aliphatic rings. The molecule has 3 unspecified atom stereocenters. The van der Waals surface area contributed by atoms with Crippen molar-refractivity contribution in [3.8, 4) is 0 Å². The molecule has 1 rings (SSSR count). The van der Waals surface area contributed by atoms with Gasteiger partial charge in [-0.25, -0.2) is 4.79 Å². The predicted octanol–water partition coefficient (Wildman–Crippen LogP) is 1.92. The van der Waals surface area contributed by atoms with Gasteiger partial charge in [0.1, 0.15) is 0 Å². The lowest BCUT2D eigenvalue weighted by Gasteiger charge is -2.23. The first-order valence-electron chi connectivity index (χ1n) is 5.06. The van der Waals surface area contributed by atoms with Crippen molar-refractivity contribution in [1.29, 1.82) is 0 Å². The van der Waals surface area contributed by atoms with Gasteiger partial charge in [-0.3, -0.25) is 0 Å². The molecule has 0 aromatic rings. The molecule has 0 heterocycles. The third-order valence-corrected chi connectivity index (χ3v) is 3.95. The number of rotatable bonds is 4. The van der Waals surface area contributed by atoms with Crippen molar-refractivity contribution in [2.45, 2.75) is 37.9 Å². The molecular weight excluding hydrogens is 215 g/mol. The Balaban J connectivity index is 2.89. The Morgan fingerprint density at radius 1 is 1.60 bits per heavy atom. The van der Waals surface area contributed by atoms with Gasteiger partial charge in [-0.1, -0.05) is 23.1 Å². The molecule has 1 aliphatic carbocycles. The Kier molecular flexibility index (Phi) is 4.00. The van der Waals surface area contributed by atoms with Gasteiger partial charge < -0.3 is 10.2 Å². The van der Waals surface area contributed by atoms with Gasteiger partial charge in [0, 0.05) is 0 Å². The van der Waals surface area contributed by atoms with Gasteiger partial charge in [-0.05, 0) is 25.7 Å². The highest BCUT2D eigenvalue weighted by atomic mass is 31.1. The SMILES string of the molecule is CC(C1=CCCCC1)C(O)([PH+]=O)C(=O)O. The number of carbonyl (C=O) groups is 1. The summed E-state index contributed by atoms with van der Waals surface area (Å²) >= 11 is 0. The minimum Gasteiger partial charge on any atom is -0.476 e. The minimum atomic E-state index is -2.12. The Morgan fingerprint density at radius 3 is 2.67 bits per heavy atom. The van der Waals surface area contributed by atoms with Gasteiger partial charge in [0.25, 0.3) is 0 Å². The van der Waals surface area contributed by atoms with Crippen molar-refractivity contribution >= 4 is 14.4 Å². The summed E-state index contributed by atoms with van der Waals surface area (Å²) in [6.07, 6.45) is 5.77. The van der Waals surface area contributed by atoms with Crippen LogP contribution in [-0.4, -0.2) is 21.5 Å². The van der Waals surface area contributed by atoms with Crippen molar-refractivity contribution < 1.29 is 19.6 Å². The van der Waals surface area contributed by atoms with Crippen LogP contribution in [0.5, 0.6) is 0 Å². The Labute approximate surface area is 90.2 Å². The first kappa shape index (κ1) is 12.3. The molecule has 0 aromatic carbocycles. The second-order valence-electron chi connectivity index (χ2n) is 3.92. The maximum Gasteiger partial charge on any atom is 0.388 e. The van der Waals surface area contributed by atoms with Crippen LogP contribution >= 0.6 is 8.46 Å². The lowest BCUT2D eigenvalue weighted by Crippen LogP contribution is -2.40. The largest absolute Gasteiger partial charge is 0.476 e. The normalized spacial score (nSPS) is 22.9. The fourth-order valence-corrected chi connectivity index (χ4v) is 2.29. The van der Waals surface area contributed by atoms with E-state index in [2.05, 4.69) is 0 Å². The maximum atomic E-state index is 10.9. The zero-order chi connectivity index (χ0) is 11.5. The number of hydrogen-bond acceptors (Lipinski definition) is 3. The van der Waals surface area contributed by atoms with E-state index in [0.29, 0.717) is 0 Å². The summed E-state index contributed by atoms with van der Waals surface area (Å²) in [5, 5.41) is 16.5. The third-order valence-electron chi connectivity index (χ3n) is 2.99. The number of carboxylic acids is 1. The molecule has 0 amide bonds. The number of aliphatic carboxylic acids is 1. The fraction of sp³-hybridized carbons (Fsp3) is 0.700. The molecule has 4 nitrogen and oxygen atoms in total. The van der Waals surface area contributed by atoms with E-state index < -0.39 is 25.7 Å². The summed E-state index contributed by atoms with van der Waals surface area (Å²) in [7, 11) is -1.25. The van der Waals surface area contributed by atoms with Gasteiger partial charge in [-0.15, -0.1) is 0 Å². The highest BCUT2D eigenvalue weighted by molar-refractivity contribution is 7.27. The molecule has 3 atom stereocenters. The van der Waals surface area contributed by atoms with Crippen LogP contribution in [-0.2, 0) is 9.36 Å². The van der Waals surface area contributed by atoms with Crippen molar-refractivity contribution in [2.75, 3.05) is 0 Å². The molecule has 0 spiro atoms. The molecular formula is C10H16O4P+. The molecule has 2 N–H and O–H groups in total. The summed E-state index contributed by atoms with van der Waals surface area (Å²) in [6, 6.07) is 0. The summed E-state index contributed by atoms with van der Waals surface area (Å²) in [5.74, 6) is -1.99. The van der Waals surface area contributed by atoms with E-state index in [1.807, 2.05) is 6.08 Å². The maximum absolute atomic E-state index is 10.9. The Bertz CT molecular complexity index is 300. The summed E-state index contributed by atoms with van der Waals surface area (Å²) in [6.45, 7) is 1.62. The molecule has 15 heavy (non-hydrogen) atoms. The Morgan fingerprint density at radius 2 is 2.27 bits per heavy atom. The van der Waals surface area contributed by atoms with Crippen molar-refractivity contribution in [1.82, 2.24) is 0 Å². The highest BCUT2D eigenvalue weighted by Gasteiger charge is 2.52. The number of carboxylic acid groups (broad SMARTS) is 1. The van der Waals surface area contributed by atoms with E-state index in [0.717, 1.165) is 31.3 Å². The van der Waals surface area contributed by atoms with Crippen LogP contribution < -0.4 is 0 Å². The van der Waals surface area contributed by atoms with Crippen LogP contribution in [0.25, 0.3) is 0 Å². The van der Waals surface area contributed by atoms with Crippen LogP contribution in [0.1, 0.15) is 32.6 Å². The zero-order valence-corrected chi connectivity index (χ0v) is 9.69. The van der Waals surface area contributed by atoms with E-state index in [4.69, 9.17) is 5.11 Å². The standard InChI is InChI=1S/C10H15O4P/c1-7(8-5-3-2-4-6-8)10(13,15-14)9(11)12/h5,7,13H,2-4,6H2,1H3,(H,11,12)/p+1. The lowest BCUT2D eigenvalue weighted by molar-refractivity contribution is -0.152. The molecule has 0 aromatic heterocycles. The van der Waals surface area contributed by atoms with E-state index in [1.54, 1.807) is 6.92 Å². The summed E-state index contributed by atoms with van der Waals surface area (Å²) in [4.78, 5) is 10.9. The zero-order valence-electron chi connectivity index (χ0n) is 8.69. The number of aliphatic hydroxyl groups is 1. The second-order valence-corrected chi connectivity index (χ2v) is 4.89. The van der Waals surface area contributed by atoms with Crippen LogP contribution in [0.2, 0.25) is 0 Å². The fourth-order valence-electron chi connectivity index (χ4n) is 1.84. The molecule has 0 bridgehead atoms. The van der Waals surface area contributed by atoms with Gasteiger partial charge in [0.05, 0.1) is 5.92 Å². The molecule has 5 heteroatoms. The quantitative estimate of drug-likeness (QED) is 0.572. The molecule has 0 saturated carbocycles. The molecule has 84 valence electrons. The van der Waals surface area contributed by atoms with Crippen molar-refractivity contribution in [2.24, 2.45) is 5.92 Å². The van der Waals surface area contributed by atoms with Crippen LogP contribution in [0.15, 0.2) is 11.6 Å². The molecule has 0 radical (unpaired) electrons. The van der Waals surface area contributed by atoms with Crippen LogP contribution in [0.3, 0.4) is 0 Å². The minimum absolute atomic E-state index is 0.578. The summed E-state index contributed by atoms with van der Waals surface area (Å²) in [5.41, 5.74) is 0.912. The van der Waals surface area contributed by atoms with E-state index >= 15 is 0 Å². The molecule has 0 fully saturated rings. The van der Waals surface area contributed by atoms with Gasteiger partial charge >= 0.3 is 19.8 Å². The van der Waals surface area contributed by atoms with Gasteiger partial charge in [-0.2, -0.15) is 0 Å². The lowest BCUT2D eigenvalue weighted by atomic mass is 9.86. The average molecular weight is 231 g/mol. The van der Waals surface area contributed by atoms with E-state index in [-0.39, 0.29) is 0 Å². The average Bonchev–Trinajstić information content (AvgIpc) is 2.28. The van der Waals surface area contributed by atoms with Crippen molar-refractivity contribution in [3.63, 3.8) is 0 Å². The van der Waals surface area contributed by atoms with Gasteiger partial charge in [0.2, 0.25) is 0 Å². The molecule has 0 aliphatic heterocycles. The van der Waals surface area contributed by atoms with E-state index in [1.165, 1.54) is 0 Å². The Hall–Kier alpha value is -0.730. The summed E-state index contributed by atoms with van der Waals surface area (Å²) < 4.78 is 10.8. The van der Waals surface area contributed by atoms with Crippen LogP contribution in [0.4, 0.5) is 0 Å². The smallest absolute Gasteiger partial charge is 0.388 e. The predicted molar refractivity (Wildman–Crippen MR) is 57.3 cm³/mol.